The highest BCUT2D eigenvalue weighted by molar-refractivity contribution is 7.99. The van der Waals surface area contributed by atoms with E-state index in [9.17, 15) is 26.3 Å². The van der Waals surface area contributed by atoms with Crippen LogP contribution < -0.4 is 0 Å². The summed E-state index contributed by atoms with van der Waals surface area (Å²) >= 11 is 1.95. The number of rotatable bonds is 6. The van der Waals surface area contributed by atoms with Crippen molar-refractivity contribution in [2.75, 3.05) is 11.5 Å². The Morgan fingerprint density at radius 2 is 1.12 bits per heavy atom. The van der Waals surface area contributed by atoms with Gasteiger partial charge in [0.25, 0.3) is 0 Å². The van der Waals surface area contributed by atoms with Crippen molar-refractivity contribution < 1.29 is 26.3 Å². The molecule has 0 radical (unpaired) electrons. The zero-order valence-electron chi connectivity index (χ0n) is 11.4. The largest absolute Gasteiger partial charge is 0.451 e. The maximum atomic E-state index is 12.3. The van der Waals surface area contributed by atoms with Gasteiger partial charge in [0.15, 0.2) is 0 Å². The van der Waals surface area contributed by atoms with Crippen molar-refractivity contribution in [1.82, 2.24) is 30.4 Å². The van der Waals surface area contributed by atoms with Gasteiger partial charge in [0, 0.05) is 11.5 Å². The summed E-state index contributed by atoms with van der Waals surface area (Å²) < 4.78 is 73.7. The van der Waals surface area contributed by atoms with Crippen LogP contribution in [-0.2, 0) is 12.4 Å². The van der Waals surface area contributed by atoms with Gasteiger partial charge in [-0.3, -0.25) is 10.2 Å². The van der Waals surface area contributed by atoms with Crippen LogP contribution in [0, 0.1) is 0 Å². The quantitative estimate of drug-likeness (QED) is 0.447. The van der Waals surface area contributed by atoms with E-state index >= 15 is 0 Å². The van der Waals surface area contributed by atoms with E-state index < -0.39 is 24.0 Å². The summed E-state index contributed by atoms with van der Waals surface area (Å²) in [6, 6.07) is 0. The van der Waals surface area contributed by atoms with Crippen molar-refractivity contribution in [1.29, 1.82) is 0 Å². The van der Waals surface area contributed by atoms with Crippen LogP contribution in [0.15, 0.2) is 22.5 Å². The van der Waals surface area contributed by atoms with Crippen LogP contribution >= 0.6 is 23.5 Å². The lowest BCUT2D eigenvalue weighted by Gasteiger charge is -1.98. The maximum Gasteiger partial charge on any atom is 0.451 e. The van der Waals surface area contributed by atoms with Gasteiger partial charge in [-0.15, -0.1) is 10.2 Å². The molecule has 2 rings (SSSR count). The molecule has 0 unspecified atom stereocenters. The van der Waals surface area contributed by atoms with Gasteiger partial charge in [0.2, 0.25) is 22.0 Å². The van der Waals surface area contributed by atoms with Crippen LogP contribution in [0.25, 0.3) is 0 Å². The zero-order chi connectivity index (χ0) is 17.8. The van der Waals surface area contributed by atoms with E-state index in [2.05, 4.69) is 20.2 Å². The molecule has 6 nitrogen and oxygen atoms in total. The highest BCUT2D eigenvalue weighted by Gasteiger charge is 2.35. The van der Waals surface area contributed by atoms with Crippen LogP contribution in [0.5, 0.6) is 0 Å². The van der Waals surface area contributed by atoms with Crippen molar-refractivity contribution >= 4 is 23.5 Å². The molecular weight excluding hydrogens is 382 g/mol. The smallest absolute Gasteiger partial charge is 0.254 e. The molecule has 0 spiro atoms. The molecule has 0 aliphatic carbocycles. The predicted octanol–water partition coefficient (Wildman–Crippen LogP) is 3.40. The summed E-state index contributed by atoms with van der Waals surface area (Å²) in [7, 11) is 0. The van der Waals surface area contributed by atoms with Gasteiger partial charge in [-0.1, -0.05) is 35.7 Å². The summed E-state index contributed by atoms with van der Waals surface area (Å²) in [4.78, 5) is 6.55. The van der Waals surface area contributed by atoms with Gasteiger partial charge in [-0.2, -0.15) is 36.3 Å². The lowest BCUT2D eigenvalue weighted by Crippen LogP contribution is -2.07. The minimum Gasteiger partial charge on any atom is -0.254 e. The first-order chi connectivity index (χ1) is 11.2. The van der Waals surface area contributed by atoms with Gasteiger partial charge in [-0.05, 0) is 0 Å². The van der Waals surface area contributed by atoms with E-state index in [1.165, 1.54) is 0 Å². The Kier molecular flexibility index (Phi) is 5.79. The zero-order valence-corrected chi connectivity index (χ0v) is 13.1. The molecule has 2 N–H and O–H groups in total. The fourth-order valence-electron chi connectivity index (χ4n) is 1.26. The van der Waals surface area contributed by atoms with Crippen LogP contribution in [-0.4, -0.2) is 41.9 Å². The molecule has 24 heavy (non-hydrogen) atoms. The number of halogens is 6. The first-order valence-electron chi connectivity index (χ1n) is 6.06. The fourth-order valence-corrected chi connectivity index (χ4v) is 2.55. The number of hydrogen-bond acceptors (Lipinski definition) is 6. The number of H-pyrrole nitrogens is 2. The number of thioether (sulfide) groups is 2. The molecule has 2 aromatic rings. The summed E-state index contributed by atoms with van der Waals surface area (Å²) in [5.74, 6) is -1.74. The van der Waals surface area contributed by atoms with Crippen molar-refractivity contribution in [3.05, 3.63) is 23.8 Å². The highest BCUT2D eigenvalue weighted by Crippen LogP contribution is 2.28. The van der Waals surface area contributed by atoms with E-state index in [1.54, 1.807) is 22.3 Å². The SMILES string of the molecule is FC(F)(F)c1nc(SC/C=C/CSc2n[nH]c(C(F)(F)F)n2)n[nH]1. The highest BCUT2D eigenvalue weighted by atomic mass is 32.2. The number of aromatic amines is 2. The summed E-state index contributed by atoms with van der Waals surface area (Å²) in [5, 5.41) is 10.3. The van der Waals surface area contributed by atoms with Gasteiger partial charge in [0.05, 0.1) is 0 Å². The first kappa shape index (κ1) is 18.6. The number of nitrogens with zero attached hydrogens (tertiary/aromatic N) is 4. The molecule has 0 aliphatic heterocycles. The summed E-state index contributed by atoms with van der Waals surface area (Å²) in [5.41, 5.74) is 0. The normalized spacial score (nSPS) is 13.1. The number of alkyl halides is 6. The molecule has 14 heteroatoms. The second-order valence-electron chi connectivity index (χ2n) is 4.02. The van der Waals surface area contributed by atoms with Crippen molar-refractivity contribution in [2.45, 2.75) is 22.7 Å². The Morgan fingerprint density at radius 3 is 1.42 bits per heavy atom. The third-order valence-electron chi connectivity index (χ3n) is 2.25. The maximum absolute atomic E-state index is 12.3. The van der Waals surface area contributed by atoms with Crippen LogP contribution in [0.3, 0.4) is 0 Å². The second kappa shape index (κ2) is 7.46. The van der Waals surface area contributed by atoms with Crippen molar-refractivity contribution in [2.24, 2.45) is 0 Å². The Bertz CT molecular complexity index is 632. The Balaban J connectivity index is 1.72. The van der Waals surface area contributed by atoms with E-state index in [0.717, 1.165) is 23.5 Å². The number of nitrogens with one attached hydrogen (secondary N) is 2. The molecular formula is C10H8F6N6S2. The third-order valence-corrected chi connectivity index (χ3v) is 3.85. The Labute approximate surface area is 138 Å². The Hall–Kier alpha value is -1.70. The molecule has 2 heterocycles. The number of hydrogen-bond donors (Lipinski definition) is 2. The summed E-state index contributed by atoms with van der Waals surface area (Å²) in [6.07, 6.45) is -5.91. The van der Waals surface area contributed by atoms with E-state index in [-0.39, 0.29) is 10.3 Å². The van der Waals surface area contributed by atoms with Crippen molar-refractivity contribution in [3.8, 4) is 0 Å². The minimum absolute atomic E-state index is 0.0524. The van der Waals surface area contributed by atoms with Gasteiger partial charge in [-0.25, -0.2) is 0 Å². The molecule has 0 aliphatic rings. The first-order valence-corrected chi connectivity index (χ1v) is 8.03. The molecule has 0 saturated carbocycles. The molecule has 0 fully saturated rings. The summed E-state index contributed by atoms with van der Waals surface area (Å²) in [6.45, 7) is 0. The lowest BCUT2D eigenvalue weighted by atomic mass is 10.6. The molecule has 132 valence electrons. The molecule has 2 aromatic heterocycles. The molecule has 0 amide bonds. The lowest BCUT2D eigenvalue weighted by molar-refractivity contribution is -0.145. The molecule has 0 saturated heterocycles. The molecule has 0 aromatic carbocycles. The average Bonchev–Trinajstić information content (AvgIpc) is 3.10. The van der Waals surface area contributed by atoms with Crippen LogP contribution in [0.2, 0.25) is 0 Å². The van der Waals surface area contributed by atoms with Gasteiger partial charge >= 0.3 is 12.4 Å². The third kappa shape index (κ3) is 5.43. The van der Waals surface area contributed by atoms with Crippen LogP contribution in [0.1, 0.15) is 11.6 Å². The standard InChI is InChI=1S/C10H8F6N6S2/c11-9(12,13)5-17-7(21-19-5)23-3-1-2-4-24-8-18-6(20-22-8)10(14,15)16/h1-2H,3-4H2,(H,17,19,21)(H,18,20,22)/b2-1+. The average molecular weight is 390 g/mol. The van der Waals surface area contributed by atoms with E-state index in [4.69, 9.17) is 0 Å². The van der Waals surface area contributed by atoms with Gasteiger partial charge < -0.3 is 0 Å². The molecule has 0 bridgehead atoms. The predicted molar refractivity (Wildman–Crippen MR) is 73.4 cm³/mol. The second-order valence-corrected chi connectivity index (χ2v) is 6.00. The topological polar surface area (TPSA) is 83.1 Å². The van der Waals surface area contributed by atoms with Gasteiger partial charge in [0.1, 0.15) is 0 Å². The monoisotopic (exact) mass is 390 g/mol. The molecule has 0 atom stereocenters. The van der Waals surface area contributed by atoms with Crippen molar-refractivity contribution in [3.63, 3.8) is 0 Å². The van der Waals surface area contributed by atoms with E-state index in [0.29, 0.717) is 11.5 Å². The van der Waals surface area contributed by atoms with E-state index in [1.807, 2.05) is 0 Å². The van der Waals surface area contributed by atoms with Crippen LogP contribution in [0.4, 0.5) is 26.3 Å². The minimum atomic E-state index is -4.58. The Morgan fingerprint density at radius 1 is 0.750 bits per heavy atom. The fraction of sp³-hybridized carbons (Fsp3) is 0.400. The number of aromatic nitrogens is 6.